The molecule has 0 saturated carbocycles. The van der Waals surface area contributed by atoms with Gasteiger partial charge in [0.05, 0.1) is 13.2 Å². The minimum atomic E-state index is -0.211. The minimum absolute atomic E-state index is 0. The maximum atomic E-state index is 10.6. The number of hydrogen-bond acceptors (Lipinski definition) is 3. The van der Waals surface area contributed by atoms with Gasteiger partial charge < -0.3 is 5.73 Å². The van der Waals surface area contributed by atoms with E-state index in [4.69, 9.17) is 10.6 Å². The van der Waals surface area contributed by atoms with Gasteiger partial charge in [0, 0.05) is 7.05 Å². The van der Waals surface area contributed by atoms with Crippen molar-refractivity contribution >= 4 is 18.3 Å². The molecule has 0 aliphatic heterocycles. The van der Waals surface area contributed by atoms with Crippen molar-refractivity contribution in [3.05, 3.63) is 0 Å². The lowest BCUT2D eigenvalue weighted by molar-refractivity contribution is -0.174. The van der Waals surface area contributed by atoms with Crippen LogP contribution in [0.2, 0.25) is 0 Å². The summed E-state index contributed by atoms with van der Waals surface area (Å²) in [4.78, 5) is 15.4. The molecule has 5 heteroatoms. The fourth-order valence-electron chi connectivity index (χ4n) is 0.394. The second kappa shape index (κ2) is 6.80. The first-order valence-corrected chi connectivity index (χ1v) is 2.82. The SMILES string of the molecule is CCON(C)C(=O)CN.Cl. The number of nitrogens with two attached hydrogens (primary N) is 1. The normalized spacial score (nSPS) is 8.30. The molecular weight excluding hydrogens is 156 g/mol. The summed E-state index contributed by atoms with van der Waals surface area (Å²) in [5, 5.41) is 1.14. The van der Waals surface area contributed by atoms with Gasteiger partial charge in [-0.3, -0.25) is 9.63 Å². The monoisotopic (exact) mass is 168 g/mol. The molecule has 0 heterocycles. The fraction of sp³-hybridized carbons (Fsp3) is 0.800. The standard InChI is InChI=1S/C5H12N2O2.ClH/c1-3-9-7(2)5(8)4-6;/h3-4,6H2,1-2H3;1H. The first-order valence-electron chi connectivity index (χ1n) is 2.82. The van der Waals surface area contributed by atoms with Crippen LogP contribution in [0.1, 0.15) is 6.92 Å². The van der Waals surface area contributed by atoms with Crippen molar-refractivity contribution in [2.24, 2.45) is 5.73 Å². The van der Waals surface area contributed by atoms with Crippen LogP contribution in [0.5, 0.6) is 0 Å². The van der Waals surface area contributed by atoms with Crippen LogP contribution in [0.25, 0.3) is 0 Å². The highest BCUT2D eigenvalue weighted by Gasteiger charge is 2.03. The van der Waals surface area contributed by atoms with Crippen LogP contribution < -0.4 is 5.73 Å². The number of carbonyl (C=O) groups is 1. The highest BCUT2D eigenvalue weighted by atomic mass is 35.5. The molecule has 0 aromatic carbocycles. The number of hydroxylamine groups is 2. The number of likely N-dealkylation sites (N-methyl/N-ethyl adjacent to an activating group) is 1. The minimum Gasteiger partial charge on any atom is -0.322 e. The zero-order chi connectivity index (χ0) is 7.28. The van der Waals surface area contributed by atoms with E-state index in [0.717, 1.165) is 5.06 Å². The lowest BCUT2D eigenvalue weighted by Gasteiger charge is -2.13. The van der Waals surface area contributed by atoms with Gasteiger partial charge in [0.25, 0.3) is 5.91 Å². The highest BCUT2D eigenvalue weighted by Crippen LogP contribution is 1.82. The fourth-order valence-corrected chi connectivity index (χ4v) is 0.394. The molecule has 0 spiro atoms. The summed E-state index contributed by atoms with van der Waals surface area (Å²) in [5.41, 5.74) is 5.03. The van der Waals surface area contributed by atoms with Gasteiger partial charge in [-0.15, -0.1) is 12.4 Å². The van der Waals surface area contributed by atoms with Crippen LogP contribution in [0.3, 0.4) is 0 Å². The molecule has 4 nitrogen and oxygen atoms in total. The topological polar surface area (TPSA) is 55.6 Å². The lowest BCUT2D eigenvalue weighted by atomic mass is 10.6. The van der Waals surface area contributed by atoms with Gasteiger partial charge in [-0.05, 0) is 6.92 Å². The quantitative estimate of drug-likeness (QED) is 0.593. The van der Waals surface area contributed by atoms with Crippen LogP contribution in [0.15, 0.2) is 0 Å². The molecule has 0 fully saturated rings. The third kappa shape index (κ3) is 4.55. The van der Waals surface area contributed by atoms with Gasteiger partial charge in [-0.2, -0.15) is 0 Å². The maximum Gasteiger partial charge on any atom is 0.259 e. The molecule has 1 amide bonds. The molecule has 0 saturated heterocycles. The van der Waals surface area contributed by atoms with Crippen LogP contribution in [-0.2, 0) is 9.63 Å². The third-order valence-corrected chi connectivity index (χ3v) is 0.849. The summed E-state index contributed by atoms with van der Waals surface area (Å²) in [6.45, 7) is 2.29. The number of carbonyl (C=O) groups excluding carboxylic acids is 1. The number of hydrogen-bond donors (Lipinski definition) is 1. The molecule has 10 heavy (non-hydrogen) atoms. The van der Waals surface area contributed by atoms with Gasteiger partial charge in [0.15, 0.2) is 0 Å². The number of amides is 1. The third-order valence-electron chi connectivity index (χ3n) is 0.849. The second-order valence-electron chi connectivity index (χ2n) is 1.51. The predicted molar refractivity (Wildman–Crippen MR) is 40.7 cm³/mol. The average molecular weight is 169 g/mol. The van der Waals surface area contributed by atoms with Gasteiger partial charge in [-0.25, -0.2) is 5.06 Å². The largest absolute Gasteiger partial charge is 0.322 e. The Balaban J connectivity index is 0. The van der Waals surface area contributed by atoms with Crippen LogP contribution in [0, 0.1) is 0 Å². The molecule has 0 aliphatic carbocycles. The summed E-state index contributed by atoms with van der Waals surface area (Å²) in [7, 11) is 1.54. The molecule has 0 radical (unpaired) electrons. The molecule has 0 rings (SSSR count). The second-order valence-corrected chi connectivity index (χ2v) is 1.51. The summed E-state index contributed by atoms with van der Waals surface area (Å²) < 4.78 is 0. The molecular formula is C5H13ClN2O2. The molecule has 0 aromatic rings. The summed E-state index contributed by atoms with van der Waals surface area (Å²) >= 11 is 0. The zero-order valence-electron chi connectivity index (χ0n) is 6.16. The number of rotatable bonds is 3. The van der Waals surface area contributed by atoms with Crippen molar-refractivity contribution in [3.8, 4) is 0 Å². The Bertz CT molecular complexity index is 99.6. The molecule has 0 unspecified atom stereocenters. The molecule has 62 valence electrons. The van der Waals surface area contributed by atoms with Gasteiger partial charge in [0.1, 0.15) is 0 Å². The van der Waals surface area contributed by atoms with Gasteiger partial charge >= 0.3 is 0 Å². The Kier molecular flexibility index (Phi) is 8.40. The van der Waals surface area contributed by atoms with Crippen molar-refractivity contribution in [3.63, 3.8) is 0 Å². The molecule has 2 N–H and O–H groups in total. The smallest absolute Gasteiger partial charge is 0.259 e. The number of nitrogens with zero attached hydrogens (tertiary/aromatic N) is 1. The average Bonchev–Trinajstić information content (AvgIpc) is 1.87. The van der Waals surface area contributed by atoms with E-state index in [9.17, 15) is 4.79 Å². The van der Waals surface area contributed by atoms with E-state index in [1.165, 1.54) is 0 Å². The van der Waals surface area contributed by atoms with Crippen molar-refractivity contribution in [2.45, 2.75) is 6.92 Å². The Morgan fingerprint density at radius 2 is 2.20 bits per heavy atom. The molecule has 0 aromatic heterocycles. The Morgan fingerprint density at radius 3 is 2.50 bits per heavy atom. The van der Waals surface area contributed by atoms with Crippen molar-refractivity contribution in [1.82, 2.24) is 5.06 Å². The summed E-state index contributed by atoms with van der Waals surface area (Å²) in [6, 6.07) is 0. The first-order chi connectivity index (χ1) is 4.22. The molecule has 0 atom stereocenters. The first kappa shape index (κ1) is 12.4. The summed E-state index contributed by atoms with van der Waals surface area (Å²) in [6.07, 6.45) is 0. The van der Waals surface area contributed by atoms with Crippen molar-refractivity contribution < 1.29 is 9.63 Å². The maximum absolute atomic E-state index is 10.6. The predicted octanol–water partition coefficient (Wildman–Crippen LogP) is -0.223. The van der Waals surface area contributed by atoms with E-state index >= 15 is 0 Å². The number of halogens is 1. The van der Waals surface area contributed by atoms with E-state index in [-0.39, 0.29) is 24.9 Å². The van der Waals surface area contributed by atoms with Crippen molar-refractivity contribution in [2.75, 3.05) is 20.2 Å². The Hall–Kier alpha value is -0.320. The molecule has 0 bridgehead atoms. The Morgan fingerprint density at radius 1 is 1.70 bits per heavy atom. The van der Waals surface area contributed by atoms with Gasteiger partial charge in [0.2, 0.25) is 0 Å². The highest BCUT2D eigenvalue weighted by molar-refractivity contribution is 5.85. The lowest BCUT2D eigenvalue weighted by Crippen LogP contribution is -2.32. The van der Waals surface area contributed by atoms with Crippen LogP contribution >= 0.6 is 12.4 Å². The van der Waals surface area contributed by atoms with Gasteiger partial charge in [-0.1, -0.05) is 0 Å². The van der Waals surface area contributed by atoms with E-state index < -0.39 is 0 Å². The molecule has 0 aliphatic rings. The van der Waals surface area contributed by atoms with E-state index in [1.54, 1.807) is 14.0 Å². The Labute approximate surface area is 66.7 Å². The van der Waals surface area contributed by atoms with E-state index in [2.05, 4.69) is 0 Å². The summed E-state index contributed by atoms with van der Waals surface area (Å²) in [5.74, 6) is -0.211. The van der Waals surface area contributed by atoms with Crippen molar-refractivity contribution in [1.29, 1.82) is 0 Å². The zero-order valence-corrected chi connectivity index (χ0v) is 6.98. The van der Waals surface area contributed by atoms with Crippen LogP contribution in [0.4, 0.5) is 0 Å². The van der Waals surface area contributed by atoms with E-state index in [0.29, 0.717) is 6.61 Å². The van der Waals surface area contributed by atoms with Crippen LogP contribution in [-0.4, -0.2) is 31.2 Å². The van der Waals surface area contributed by atoms with E-state index in [1.807, 2.05) is 0 Å².